The number of nitrogens with one attached hydrogen (secondary N) is 1. The minimum absolute atomic E-state index is 0.00450. The van der Waals surface area contributed by atoms with Crippen molar-refractivity contribution in [1.29, 1.82) is 0 Å². The highest BCUT2D eigenvalue weighted by atomic mass is 32.2. The highest BCUT2D eigenvalue weighted by molar-refractivity contribution is 8.15. The Morgan fingerprint density at radius 3 is 2.71 bits per heavy atom. The van der Waals surface area contributed by atoms with Gasteiger partial charge in [0.05, 0.1) is 22.0 Å². The van der Waals surface area contributed by atoms with Crippen LogP contribution in [0.1, 0.15) is 26.3 Å². The maximum absolute atomic E-state index is 15.2. The van der Waals surface area contributed by atoms with Gasteiger partial charge in [-0.25, -0.2) is 19.3 Å². The van der Waals surface area contributed by atoms with Gasteiger partial charge in [-0.2, -0.15) is 13.2 Å². The van der Waals surface area contributed by atoms with Crippen LogP contribution in [0.3, 0.4) is 0 Å². The fourth-order valence-corrected chi connectivity index (χ4v) is 5.80. The largest absolute Gasteiger partial charge is 0.463 e. The van der Waals surface area contributed by atoms with E-state index >= 15 is 4.39 Å². The zero-order valence-electron chi connectivity index (χ0n) is 20.5. The summed E-state index contributed by atoms with van der Waals surface area (Å²) in [5, 5.41) is 13.1. The second-order valence-electron chi connectivity index (χ2n) is 9.10. The molecular formula is C25H24F4N6O2S. The Hall–Kier alpha value is -3.63. The molecule has 2 aromatic heterocycles. The third kappa shape index (κ3) is 4.93. The number of aliphatic imine (C=N–C) groups is 1. The van der Waals surface area contributed by atoms with Crippen molar-refractivity contribution in [3.05, 3.63) is 48.0 Å². The van der Waals surface area contributed by atoms with Crippen molar-refractivity contribution >= 4 is 39.5 Å². The van der Waals surface area contributed by atoms with E-state index in [4.69, 9.17) is 16.9 Å². The number of amidine groups is 1. The van der Waals surface area contributed by atoms with Gasteiger partial charge < -0.3 is 20.9 Å². The van der Waals surface area contributed by atoms with Gasteiger partial charge in [-0.1, -0.05) is 24.6 Å². The fraction of sp³-hybridized carbons (Fsp3) is 0.360. The lowest BCUT2D eigenvalue weighted by Crippen LogP contribution is -2.58. The number of thioether (sulfide) groups is 1. The van der Waals surface area contributed by atoms with Gasteiger partial charge in [0.15, 0.2) is 23.7 Å². The molecule has 0 unspecified atom stereocenters. The number of aliphatic hydroxyl groups excluding tert-OH is 1. The normalized spacial score (nSPS) is 24.4. The first-order valence-electron chi connectivity index (χ1n) is 11.3. The van der Waals surface area contributed by atoms with E-state index in [0.29, 0.717) is 34.3 Å². The van der Waals surface area contributed by atoms with E-state index in [1.165, 1.54) is 51.4 Å². The highest BCUT2D eigenvalue weighted by Gasteiger charge is 2.60. The number of anilines is 2. The number of rotatable bonds is 6. The first-order valence-corrected chi connectivity index (χ1v) is 12.2. The zero-order chi connectivity index (χ0) is 27.9. The topological polar surface area (TPSA) is 119 Å². The average molecular weight is 549 g/mol. The highest BCUT2D eigenvalue weighted by Crippen LogP contribution is 2.54. The monoisotopic (exact) mass is 548 g/mol. The fourth-order valence-electron chi connectivity index (χ4n) is 4.46. The number of aliphatic hydroxyl groups is 1. The molecule has 1 aromatic carbocycles. The van der Waals surface area contributed by atoms with Gasteiger partial charge in [0.1, 0.15) is 11.3 Å². The van der Waals surface area contributed by atoms with Crippen LogP contribution in [0.5, 0.6) is 5.88 Å². The van der Waals surface area contributed by atoms with Crippen molar-refractivity contribution in [1.82, 2.24) is 15.0 Å². The summed E-state index contributed by atoms with van der Waals surface area (Å²) in [5.74, 6) is 1.18. The third-order valence-corrected chi connectivity index (χ3v) is 8.06. The molecule has 200 valence electrons. The number of benzene rings is 1. The summed E-state index contributed by atoms with van der Waals surface area (Å²) in [5.41, 5.74) is 5.61. The van der Waals surface area contributed by atoms with Crippen molar-refractivity contribution < 1.29 is 27.4 Å². The molecule has 0 spiro atoms. The quantitative estimate of drug-likeness (QED) is 0.304. The zero-order valence-corrected chi connectivity index (χ0v) is 21.4. The van der Waals surface area contributed by atoms with Gasteiger partial charge >= 0.3 is 6.18 Å². The lowest BCUT2D eigenvalue weighted by atomic mass is 9.71. The SMILES string of the molecule is C#CCOc1cnc2c(Nc3ccc(F)c([C@@]4(C)N=C(N)S[C@](C)([C@H](O)C(F)(F)F)[C@H]4C)c3)nccc2n1. The molecule has 0 aliphatic carbocycles. The summed E-state index contributed by atoms with van der Waals surface area (Å²) in [7, 11) is 0. The molecule has 0 saturated heterocycles. The molecule has 0 radical (unpaired) electrons. The number of aromatic nitrogens is 3. The average Bonchev–Trinajstić information content (AvgIpc) is 2.86. The number of ether oxygens (including phenoxy) is 1. The molecule has 8 nitrogen and oxygen atoms in total. The molecular weight excluding hydrogens is 524 g/mol. The van der Waals surface area contributed by atoms with Crippen LogP contribution in [-0.2, 0) is 5.54 Å². The number of terminal acetylenes is 1. The van der Waals surface area contributed by atoms with E-state index in [9.17, 15) is 18.3 Å². The number of pyridine rings is 1. The van der Waals surface area contributed by atoms with Crippen LogP contribution in [0.15, 0.2) is 41.7 Å². The van der Waals surface area contributed by atoms with E-state index in [1.54, 1.807) is 6.07 Å². The Balaban J connectivity index is 1.73. The molecule has 1 aliphatic heterocycles. The first kappa shape index (κ1) is 27.4. The molecule has 3 aromatic rings. The summed E-state index contributed by atoms with van der Waals surface area (Å²) in [6.07, 6.45) is 0.442. The minimum Gasteiger partial charge on any atom is -0.463 e. The van der Waals surface area contributed by atoms with Gasteiger partial charge in [-0.15, -0.1) is 6.42 Å². The van der Waals surface area contributed by atoms with Crippen LogP contribution in [-0.4, -0.2) is 48.9 Å². The standard InChI is InChI=1S/C25H24F4N6O2S/c1-5-10-37-18-12-32-19-17(34-18)8-9-31-20(19)33-14-6-7-16(26)15(11-14)23(3)13(2)24(4,38-22(30)35-23)21(36)25(27,28)29/h1,6-9,11-13,21,36H,10H2,2-4H3,(H2,30,35)(H,31,33)/t13-,21-,23-,24-/m0/s1. The molecule has 0 bridgehead atoms. The van der Waals surface area contributed by atoms with Crippen LogP contribution in [0.25, 0.3) is 11.0 Å². The van der Waals surface area contributed by atoms with Crippen molar-refractivity contribution in [2.24, 2.45) is 16.6 Å². The molecule has 0 amide bonds. The van der Waals surface area contributed by atoms with Gasteiger partial charge in [0.2, 0.25) is 5.88 Å². The molecule has 4 atom stereocenters. The molecule has 0 fully saturated rings. The van der Waals surface area contributed by atoms with Gasteiger partial charge in [-0.3, -0.25) is 4.99 Å². The molecule has 13 heteroatoms. The maximum atomic E-state index is 15.2. The van der Waals surface area contributed by atoms with E-state index in [-0.39, 0.29) is 23.2 Å². The van der Waals surface area contributed by atoms with Gasteiger partial charge in [0.25, 0.3) is 0 Å². The maximum Gasteiger partial charge on any atom is 0.415 e. The predicted octanol–water partition coefficient (Wildman–Crippen LogP) is 4.51. The van der Waals surface area contributed by atoms with Crippen LogP contribution in [0.2, 0.25) is 0 Å². The predicted molar refractivity (Wildman–Crippen MR) is 138 cm³/mol. The van der Waals surface area contributed by atoms with Gasteiger partial charge in [-0.05, 0) is 38.1 Å². The molecule has 3 heterocycles. The van der Waals surface area contributed by atoms with Crippen LogP contribution in [0.4, 0.5) is 29.1 Å². The van der Waals surface area contributed by atoms with Crippen molar-refractivity contribution in [2.75, 3.05) is 11.9 Å². The Bertz CT molecular complexity index is 1450. The van der Waals surface area contributed by atoms with E-state index in [0.717, 1.165) is 0 Å². The second kappa shape index (κ2) is 9.92. The number of alkyl halides is 3. The summed E-state index contributed by atoms with van der Waals surface area (Å²) >= 11 is 0.622. The summed E-state index contributed by atoms with van der Waals surface area (Å²) in [4.78, 5) is 17.3. The van der Waals surface area contributed by atoms with Crippen molar-refractivity contribution in [3.8, 4) is 18.2 Å². The Labute approximate surface area is 220 Å². The number of halogens is 4. The Morgan fingerprint density at radius 1 is 1.29 bits per heavy atom. The van der Waals surface area contributed by atoms with E-state index < -0.39 is 34.3 Å². The number of hydrogen-bond acceptors (Lipinski definition) is 9. The molecule has 38 heavy (non-hydrogen) atoms. The number of nitrogens with two attached hydrogens (primary N) is 1. The lowest BCUT2D eigenvalue weighted by Gasteiger charge is -2.49. The molecule has 4 rings (SSSR count). The third-order valence-electron chi connectivity index (χ3n) is 6.74. The van der Waals surface area contributed by atoms with E-state index in [2.05, 4.69) is 31.2 Å². The van der Waals surface area contributed by atoms with Crippen molar-refractivity contribution in [2.45, 2.75) is 43.3 Å². The minimum atomic E-state index is -4.91. The Kier molecular flexibility index (Phi) is 7.15. The first-order chi connectivity index (χ1) is 17.8. The van der Waals surface area contributed by atoms with Gasteiger partial charge in [0, 0.05) is 23.4 Å². The molecule has 4 N–H and O–H groups in total. The summed E-state index contributed by atoms with van der Waals surface area (Å²) in [6.45, 7) is 4.25. The molecule has 0 saturated carbocycles. The van der Waals surface area contributed by atoms with Crippen molar-refractivity contribution in [3.63, 3.8) is 0 Å². The Morgan fingerprint density at radius 2 is 2.03 bits per heavy atom. The number of hydrogen-bond donors (Lipinski definition) is 3. The smallest absolute Gasteiger partial charge is 0.415 e. The van der Waals surface area contributed by atoms with Crippen LogP contribution < -0.4 is 15.8 Å². The summed E-state index contributed by atoms with van der Waals surface area (Å²) < 4.78 is 59.4. The molecule has 1 aliphatic rings. The number of fused-ring (bicyclic) bond motifs is 1. The second-order valence-corrected chi connectivity index (χ2v) is 10.6. The van der Waals surface area contributed by atoms with E-state index in [1.807, 2.05) is 0 Å². The number of nitrogens with zero attached hydrogens (tertiary/aromatic N) is 4. The summed E-state index contributed by atoms with van der Waals surface area (Å²) in [6, 6.07) is 5.67. The van der Waals surface area contributed by atoms with Crippen LogP contribution in [0, 0.1) is 24.1 Å². The lowest BCUT2D eigenvalue weighted by molar-refractivity contribution is -0.217. The van der Waals surface area contributed by atoms with Crippen LogP contribution >= 0.6 is 11.8 Å².